The van der Waals surface area contributed by atoms with Gasteiger partial charge in [-0.2, -0.15) is 0 Å². The van der Waals surface area contributed by atoms with Gasteiger partial charge in [-0.1, -0.05) is 68.3 Å². The molecule has 2 aromatic rings. The number of unbranched alkanes of at least 4 members (excludes halogenated alkanes) is 2. The third-order valence-corrected chi connectivity index (χ3v) is 3.07. The smallest absolute Gasteiger partial charge is 0.00991 e. The number of hydrogen-bond donors (Lipinski definition) is 0. The van der Waals surface area contributed by atoms with E-state index < -0.39 is 0 Å². The van der Waals surface area contributed by atoms with Crippen LogP contribution in [0.3, 0.4) is 0 Å². The van der Waals surface area contributed by atoms with Gasteiger partial charge in [-0.15, -0.1) is 0 Å². The van der Waals surface area contributed by atoms with Crippen LogP contribution in [0.25, 0.3) is 11.1 Å². The first-order valence-corrected chi connectivity index (χ1v) is 6.47. The fourth-order valence-corrected chi connectivity index (χ4v) is 2.13. The van der Waals surface area contributed by atoms with E-state index in [0.717, 1.165) is 0 Å². The van der Waals surface area contributed by atoms with Crippen LogP contribution in [-0.2, 0) is 6.42 Å². The molecule has 17 heavy (non-hydrogen) atoms. The maximum Gasteiger partial charge on any atom is -0.00991 e. The lowest BCUT2D eigenvalue weighted by atomic mass is 9.96. The van der Waals surface area contributed by atoms with Gasteiger partial charge in [-0.25, -0.2) is 0 Å². The molecule has 0 saturated carbocycles. The van der Waals surface area contributed by atoms with Gasteiger partial charge in [0.1, 0.15) is 0 Å². The minimum Gasteiger partial charge on any atom is -0.0654 e. The molecule has 0 heteroatoms. The number of hydrogen-bond acceptors (Lipinski definition) is 0. The van der Waals surface area contributed by atoms with Crippen LogP contribution in [0.1, 0.15) is 31.7 Å². The molecule has 1 radical (unpaired) electrons. The van der Waals surface area contributed by atoms with Crippen LogP contribution in [-0.4, -0.2) is 0 Å². The van der Waals surface area contributed by atoms with Gasteiger partial charge in [-0.3, -0.25) is 0 Å². The fourth-order valence-electron chi connectivity index (χ4n) is 2.13. The molecule has 0 aromatic heterocycles. The standard InChI is InChI=1S/C17H19/c1-2-3-5-10-15-13-8-9-14-17(15)16-11-6-4-7-12-16/h4,6-9,11,13-14H,2-3,5,10H2,1H3. The molecule has 0 fully saturated rings. The van der Waals surface area contributed by atoms with Crippen molar-refractivity contribution in [1.82, 2.24) is 0 Å². The molecule has 0 amide bonds. The molecule has 0 aliphatic heterocycles. The summed E-state index contributed by atoms with van der Waals surface area (Å²) < 4.78 is 0. The Morgan fingerprint density at radius 3 is 2.53 bits per heavy atom. The van der Waals surface area contributed by atoms with Crippen molar-refractivity contribution in [2.24, 2.45) is 0 Å². The van der Waals surface area contributed by atoms with Gasteiger partial charge in [0.2, 0.25) is 0 Å². The van der Waals surface area contributed by atoms with E-state index in [1.165, 1.54) is 42.4 Å². The molecule has 0 aliphatic rings. The lowest BCUT2D eigenvalue weighted by molar-refractivity contribution is 0.718. The SMILES string of the molecule is CCCCCc1ccccc1-c1[c]cccc1. The van der Waals surface area contributed by atoms with Crippen LogP contribution in [0.2, 0.25) is 0 Å². The third kappa shape index (κ3) is 3.20. The van der Waals surface area contributed by atoms with E-state index in [-0.39, 0.29) is 0 Å². The van der Waals surface area contributed by atoms with Crippen molar-refractivity contribution in [1.29, 1.82) is 0 Å². The van der Waals surface area contributed by atoms with Crippen molar-refractivity contribution in [3.05, 3.63) is 60.2 Å². The minimum atomic E-state index is 1.17. The van der Waals surface area contributed by atoms with Crippen LogP contribution < -0.4 is 0 Å². The van der Waals surface area contributed by atoms with Crippen molar-refractivity contribution in [3.8, 4) is 11.1 Å². The molecule has 0 nitrogen and oxygen atoms in total. The topological polar surface area (TPSA) is 0 Å². The Morgan fingerprint density at radius 1 is 0.941 bits per heavy atom. The monoisotopic (exact) mass is 223 g/mol. The zero-order chi connectivity index (χ0) is 11.9. The van der Waals surface area contributed by atoms with Crippen LogP contribution in [0.15, 0.2) is 48.5 Å². The second-order valence-electron chi connectivity index (χ2n) is 4.39. The molecule has 0 bridgehead atoms. The van der Waals surface area contributed by atoms with E-state index in [0.29, 0.717) is 0 Å². The summed E-state index contributed by atoms with van der Waals surface area (Å²) in [6.07, 6.45) is 5.04. The first-order valence-electron chi connectivity index (χ1n) is 6.47. The van der Waals surface area contributed by atoms with Crippen LogP contribution in [0, 0.1) is 6.07 Å². The number of rotatable bonds is 5. The van der Waals surface area contributed by atoms with E-state index in [4.69, 9.17) is 0 Å². The van der Waals surface area contributed by atoms with Crippen LogP contribution in [0.4, 0.5) is 0 Å². The summed E-state index contributed by atoms with van der Waals surface area (Å²) >= 11 is 0. The van der Waals surface area contributed by atoms with E-state index in [1.54, 1.807) is 0 Å². The molecule has 0 unspecified atom stereocenters. The van der Waals surface area contributed by atoms with Crippen LogP contribution in [0.5, 0.6) is 0 Å². The third-order valence-electron chi connectivity index (χ3n) is 3.07. The Bertz CT molecular complexity index is 443. The summed E-state index contributed by atoms with van der Waals surface area (Å²) in [6.45, 7) is 2.25. The van der Waals surface area contributed by atoms with Gasteiger partial charge in [0.05, 0.1) is 0 Å². The summed E-state index contributed by atoms with van der Waals surface area (Å²) in [4.78, 5) is 0. The molecular formula is C17H19. The molecular weight excluding hydrogens is 204 g/mol. The zero-order valence-electron chi connectivity index (χ0n) is 10.4. The van der Waals surface area contributed by atoms with Crippen molar-refractivity contribution in [3.63, 3.8) is 0 Å². The van der Waals surface area contributed by atoms with E-state index in [1.807, 2.05) is 12.1 Å². The molecule has 0 aliphatic carbocycles. The molecule has 0 N–H and O–H groups in total. The molecule has 0 saturated heterocycles. The Hall–Kier alpha value is -1.56. The summed E-state index contributed by atoms with van der Waals surface area (Å²) in [7, 11) is 0. The maximum absolute atomic E-state index is 3.32. The highest BCUT2D eigenvalue weighted by Crippen LogP contribution is 2.24. The lowest BCUT2D eigenvalue weighted by Crippen LogP contribution is -1.90. The Balaban J connectivity index is 2.22. The highest BCUT2D eigenvalue weighted by atomic mass is 14.1. The molecule has 0 atom stereocenters. The highest BCUT2D eigenvalue weighted by Gasteiger charge is 2.03. The van der Waals surface area contributed by atoms with Crippen molar-refractivity contribution in [2.45, 2.75) is 32.6 Å². The van der Waals surface area contributed by atoms with Gasteiger partial charge >= 0.3 is 0 Å². The maximum atomic E-state index is 3.32. The summed E-state index contributed by atoms with van der Waals surface area (Å²) in [5.74, 6) is 0. The minimum absolute atomic E-state index is 1.17. The highest BCUT2D eigenvalue weighted by molar-refractivity contribution is 5.66. The van der Waals surface area contributed by atoms with Crippen molar-refractivity contribution < 1.29 is 0 Å². The Morgan fingerprint density at radius 2 is 1.76 bits per heavy atom. The predicted molar refractivity (Wildman–Crippen MR) is 73.9 cm³/mol. The van der Waals surface area contributed by atoms with E-state index >= 15 is 0 Å². The molecule has 2 rings (SSSR count). The van der Waals surface area contributed by atoms with Gasteiger partial charge in [0.25, 0.3) is 0 Å². The second kappa shape index (κ2) is 6.24. The Labute approximate surface area is 104 Å². The summed E-state index contributed by atoms with van der Waals surface area (Å²) in [5, 5.41) is 0. The molecule has 87 valence electrons. The van der Waals surface area contributed by atoms with E-state index in [2.05, 4.69) is 49.4 Å². The van der Waals surface area contributed by atoms with Gasteiger partial charge in [0, 0.05) is 0 Å². The van der Waals surface area contributed by atoms with Crippen molar-refractivity contribution >= 4 is 0 Å². The average molecular weight is 223 g/mol. The zero-order valence-corrected chi connectivity index (χ0v) is 10.4. The normalized spacial score (nSPS) is 10.4. The lowest BCUT2D eigenvalue weighted by Gasteiger charge is -2.09. The molecule has 2 aromatic carbocycles. The predicted octanol–water partition coefficient (Wildman–Crippen LogP) is 4.89. The second-order valence-corrected chi connectivity index (χ2v) is 4.39. The van der Waals surface area contributed by atoms with Gasteiger partial charge < -0.3 is 0 Å². The quantitative estimate of drug-likeness (QED) is 0.633. The van der Waals surface area contributed by atoms with Crippen molar-refractivity contribution in [2.75, 3.05) is 0 Å². The number of aryl methyl sites for hydroxylation is 1. The number of benzene rings is 2. The van der Waals surface area contributed by atoms with Gasteiger partial charge in [-0.05, 0) is 35.6 Å². The fraction of sp³-hybridized carbons (Fsp3) is 0.294. The molecule has 0 heterocycles. The van der Waals surface area contributed by atoms with Crippen LogP contribution >= 0.6 is 0 Å². The summed E-state index contributed by atoms with van der Waals surface area (Å²) in [6, 6.07) is 20.2. The summed E-state index contributed by atoms with van der Waals surface area (Å²) in [5.41, 5.74) is 3.99. The molecule has 0 spiro atoms. The Kier molecular flexibility index (Phi) is 4.37. The van der Waals surface area contributed by atoms with E-state index in [9.17, 15) is 0 Å². The first-order chi connectivity index (χ1) is 8.42. The first kappa shape index (κ1) is 11.9. The van der Waals surface area contributed by atoms with Gasteiger partial charge in [0.15, 0.2) is 0 Å². The largest absolute Gasteiger partial charge is 0.0654 e. The average Bonchev–Trinajstić information content (AvgIpc) is 2.41.